The summed E-state index contributed by atoms with van der Waals surface area (Å²) < 4.78 is 0. The van der Waals surface area contributed by atoms with Gasteiger partial charge in [0.1, 0.15) is 0 Å². The SMILES string of the molecule is CN[C@@H](C(=O)N(C)[C@H]1CCC2(C)C(=CC[C@@H]3C2CC[C@]24CN(C)[C@@H](C)[C@H]2CC[C@@H]34)C1)C(C)C. The molecule has 9 atom stereocenters. The molecule has 0 bridgehead atoms. The molecule has 1 N–H and O–H groups in total. The van der Waals surface area contributed by atoms with Crippen LogP contribution in [0.2, 0.25) is 0 Å². The number of hydrogen-bond donors (Lipinski definition) is 1. The fourth-order valence-corrected chi connectivity index (χ4v) is 9.92. The summed E-state index contributed by atoms with van der Waals surface area (Å²) >= 11 is 0. The van der Waals surface area contributed by atoms with Gasteiger partial charge >= 0.3 is 0 Å². The molecule has 0 aromatic heterocycles. The Balaban J connectivity index is 1.34. The van der Waals surface area contributed by atoms with Crippen LogP contribution < -0.4 is 5.32 Å². The molecule has 33 heavy (non-hydrogen) atoms. The zero-order valence-electron chi connectivity index (χ0n) is 22.4. The Hall–Kier alpha value is -0.870. The van der Waals surface area contributed by atoms with Crippen LogP contribution in [0.25, 0.3) is 0 Å². The van der Waals surface area contributed by atoms with E-state index in [1.165, 1.54) is 45.1 Å². The first-order valence-electron chi connectivity index (χ1n) is 14.0. The number of likely N-dealkylation sites (N-methyl/N-ethyl adjacent to an activating group) is 2. The van der Waals surface area contributed by atoms with E-state index in [0.717, 1.165) is 42.6 Å². The Morgan fingerprint density at radius 1 is 1.15 bits per heavy atom. The van der Waals surface area contributed by atoms with Crippen molar-refractivity contribution in [3.8, 4) is 0 Å². The van der Waals surface area contributed by atoms with Crippen molar-refractivity contribution in [1.29, 1.82) is 0 Å². The van der Waals surface area contributed by atoms with Crippen molar-refractivity contribution in [2.75, 3.05) is 27.7 Å². The second kappa shape index (κ2) is 8.36. The largest absolute Gasteiger partial charge is 0.341 e. The highest BCUT2D eigenvalue weighted by molar-refractivity contribution is 5.82. The molecule has 2 unspecified atom stereocenters. The van der Waals surface area contributed by atoms with Crippen molar-refractivity contribution >= 4 is 5.91 Å². The van der Waals surface area contributed by atoms with E-state index in [2.05, 4.69) is 63.0 Å². The summed E-state index contributed by atoms with van der Waals surface area (Å²) in [6.07, 6.45) is 13.3. The van der Waals surface area contributed by atoms with Gasteiger partial charge in [0.05, 0.1) is 6.04 Å². The zero-order valence-corrected chi connectivity index (χ0v) is 22.4. The molecule has 1 spiro atoms. The van der Waals surface area contributed by atoms with Crippen LogP contribution in [-0.4, -0.2) is 61.5 Å². The average molecular weight is 456 g/mol. The van der Waals surface area contributed by atoms with Crippen molar-refractivity contribution in [2.45, 2.75) is 97.2 Å². The topological polar surface area (TPSA) is 35.6 Å². The molecule has 186 valence electrons. The monoisotopic (exact) mass is 455 g/mol. The van der Waals surface area contributed by atoms with Gasteiger partial charge in [-0.25, -0.2) is 0 Å². The lowest BCUT2D eigenvalue weighted by molar-refractivity contribution is -0.136. The highest BCUT2D eigenvalue weighted by atomic mass is 16.2. The van der Waals surface area contributed by atoms with Crippen molar-refractivity contribution in [3.63, 3.8) is 0 Å². The van der Waals surface area contributed by atoms with E-state index < -0.39 is 0 Å². The summed E-state index contributed by atoms with van der Waals surface area (Å²) in [4.78, 5) is 18.0. The molecule has 4 heteroatoms. The molecular weight excluding hydrogens is 406 g/mol. The second-order valence-corrected chi connectivity index (χ2v) is 13.2. The minimum atomic E-state index is -0.0789. The van der Waals surface area contributed by atoms with E-state index in [-0.39, 0.29) is 11.9 Å². The summed E-state index contributed by atoms with van der Waals surface area (Å²) in [5.74, 6) is 4.20. The third kappa shape index (κ3) is 3.40. The lowest BCUT2D eigenvalue weighted by Gasteiger charge is -2.58. The Morgan fingerprint density at radius 2 is 1.88 bits per heavy atom. The summed E-state index contributed by atoms with van der Waals surface area (Å²) in [6.45, 7) is 10.7. The third-order valence-electron chi connectivity index (χ3n) is 11.8. The Kier molecular flexibility index (Phi) is 6.04. The molecule has 1 heterocycles. The van der Waals surface area contributed by atoms with E-state index in [1.54, 1.807) is 5.57 Å². The molecule has 5 aliphatic rings. The molecule has 5 rings (SSSR count). The molecule has 4 fully saturated rings. The summed E-state index contributed by atoms with van der Waals surface area (Å²) in [5.41, 5.74) is 2.66. The quantitative estimate of drug-likeness (QED) is 0.609. The van der Waals surface area contributed by atoms with Crippen LogP contribution in [0, 0.1) is 40.4 Å². The molecule has 1 aliphatic heterocycles. The fourth-order valence-electron chi connectivity index (χ4n) is 9.92. The lowest BCUT2D eigenvalue weighted by Crippen LogP contribution is -2.54. The van der Waals surface area contributed by atoms with Gasteiger partial charge in [-0.3, -0.25) is 4.79 Å². The van der Waals surface area contributed by atoms with Gasteiger partial charge in [0.15, 0.2) is 0 Å². The number of fused-ring (bicyclic) bond motifs is 4. The van der Waals surface area contributed by atoms with Gasteiger partial charge in [0, 0.05) is 25.7 Å². The number of carbonyl (C=O) groups excluding carboxylic acids is 1. The molecule has 1 amide bonds. The molecule has 4 aliphatic carbocycles. The van der Waals surface area contributed by atoms with Crippen LogP contribution in [0.15, 0.2) is 11.6 Å². The van der Waals surface area contributed by atoms with Crippen LogP contribution in [0.3, 0.4) is 0 Å². The van der Waals surface area contributed by atoms with Gasteiger partial charge in [-0.2, -0.15) is 0 Å². The summed E-state index contributed by atoms with van der Waals surface area (Å²) in [6, 6.07) is 1.05. The number of allylic oxidation sites excluding steroid dienone is 1. The van der Waals surface area contributed by atoms with Gasteiger partial charge in [-0.15, -0.1) is 0 Å². The molecule has 0 radical (unpaired) electrons. The number of nitrogens with zero attached hydrogens (tertiary/aromatic N) is 2. The highest BCUT2D eigenvalue weighted by Crippen LogP contribution is 2.68. The third-order valence-corrected chi connectivity index (χ3v) is 11.8. The van der Waals surface area contributed by atoms with Gasteiger partial charge in [0.2, 0.25) is 5.91 Å². The number of likely N-dealkylation sites (tertiary alicyclic amines) is 1. The van der Waals surface area contributed by atoms with E-state index in [9.17, 15) is 4.79 Å². The maximum Gasteiger partial charge on any atom is 0.239 e. The van der Waals surface area contributed by atoms with Crippen LogP contribution in [0.5, 0.6) is 0 Å². The molecule has 0 aromatic carbocycles. The minimum Gasteiger partial charge on any atom is -0.341 e. The van der Waals surface area contributed by atoms with Gasteiger partial charge in [-0.05, 0) is 113 Å². The van der Waals surface area contributed by atoms with E-state index >= 15 is 0 Å². The normalized spacial score (nSPS) is 45.6. The number of rotatable bonds is 4. The smallest absolute Gasteiger partial charge is 0.239 e. The predicted octanol–water partition coefficient (Wildman–Crippen LogP) is 4.95. The van der Waals surface area contributed by atoms with E-state index in [1.807, 2.05) is 7.05 Å². The molecule has 1 saturated heterocycles. The van der Waals surface area contributed by atoms with Crippen molar-refractivity contribution in [1.82, 2.24) is 15.1 Å². The number of amides is 1. The van der Waals surface area contributed by atoms with E-state index in [0.29, 0.717) is 22.8 Å². The highest BCUT2D eigenvalue weighted by Gasteiger charge is 2.64. The van der Waals surface area contributed by atoms with Crippen molar-refractivity contribution < 1.29 is 4.79 Å². The van der Waals surface area contributed by atoms with Gasteiger partial charge in [0.25, 0.3) is 0 Å². The standard InChI is InChI=1S/C29H49N3O/c1-18(2)26(30-5)27(33)32(7)21-12-14-28(4)20(16-21)8-9-22-24(28)13-15-29-17-31(6)19(3)23(29)10-11-25(22)29/h8,18-19,21-26,30H,9-17H2,1-7H3/t19-,21-,22+,23+,24?,25-,26+,28?,29-/m0/s1. The maximum absolute atomic E-state index is 13.2. The fraction of sp³-hybridized carbons (Fsp3) is 0.897. The van der Waals surface area contributed by atoms with Gasteiger partial charge in [-0.1, -0.05) is 32.4 Å². The predicted molar refractivity (Wildman–Crippen MR) is 136 cm³/mol. The zero-order chi connectivity index (χ0) is 23.7. The van der Waals surface area contributed by atoms with Crippen LogP contribution in [-0.2, 0) is 4.79 Å². The van der Waals surface area contributed by atoms with Crippen LogP contribution >= 0.6 is 0 Å². The average Bonchev–Trinajstić information content (AvgIpc) is 3.26. The van der Waals surface area contributed by atoms with Gasteiger partial charge < -0.3 is 15.1 Å². The van der Waals surface area contributed by atoms with Crippen LogP contribution in [0.4, 0.5) is 0 Å². The lowest BCUT2D eigenvalue weighted by atomic mass is 9.47. The molecule has 0 aromatic rings. The number of nitrogens with one attached hydrogen (secondary N) is 1. The Bertz CT molecular complexity index is 807. The maximum atomic E-state index is 13.2. The number of carbonyl (C=O) groups is 1. The Morgan fingerprint density at radius 3 is 2.58 bits per heavy atom. The minimum absolute atomic E-state index is 0.0789. The first-order chi connectivity index (χ1) is 15.6. The van der Waals surface area contributed by atoms with E-state index in [4.69, 9.17) is 0 Å². The van der Waals surface area contributed by atoms with Crippen molar-refractivity contribution in [3.05, 3.63) is 11.6 Å². The molecule has 3 saturated carbocycles. The van der Waals surface area contributed by atoms with Crippen molar-refractivity contribution in [2.24, 2.45) is 40.4 Å². The van der Waals surface area contributed by atoms with Crippen LogP contribution in [0.1, 0.15) is 79.1 Å². The molecule has 4 nitrogen and oxygen atoms in total. The Labute approximate surface area is 202 Å². The summed E-state index contributed by atoms with van der Waals surface area (Å²) in [5, 5.41) is 3.26. The summed E-state index contributed by atoms with van der Waals surface area (Å²) in [7, 11) is 6.35. The first kappa shape index (κ1) is 23.9. The molecular formula is C29H49N3O. The number of hydrogen-bond acceptors (Lipinski definition) is 3. The first-order valence-corrected chi connectivity index (χ1v) is 14.0. The second-order valence-electron chi connectivity index (χ2n) is 13.2.